The van der Waals surface area contributed by atoms with Gasteiger partial charge >= 0.3 is 5.63 Å². The first-order valence-electron chi connectivity index (χ1n) is 8.64. The second-order valence-corrected chi connectivity index (χ2v) is 6.06. The molecule has 2 N–H and O–H groups in total. The van der Waals surface area contributed by atoms with Gasteiger partial charge < -0.3 is 29.1 Å². The number of aromatic hydroxyl groups is 1. The number of ether oxygens (including phenoxy) is 3. The normalized spacial score (nSPS) is 11.3. The van der Waals surface area contributed by atoms with Gasteiger partial charge in [0.25, 0.3) is 0 Å². The average Bonchev–Trinajstić information content (AvgIpc) is 2.69. The molecule has 2 rings (SSSR count). The van der Waals surface area contributed by atoms with Crippen LogP contribution in [0.3, 0.4) is 0 Å². The van der Waals surface area contributed by atoms with Crippen molar-refractivity contribution >= 4 is 5.91 Å². The van der Waals surface area contributed by atoms with Crippen molar-refractivity contribution in [2.24, 2.45) is 0 Å². The fourth-order valence-electron chi connectivity index (χ4n) is 3.09. The molecule has 1 amide bonds. The van der Waals surface area contributed by atoms with Crippen molar-refractivity contribution in [1.29, 1.82) is 5.26 Å². The first-order chi connectivity index (χ1) is 13.9. The van der Waals surface area contributed by atoms with Crippen LogP contribution in [0.2, 0.25) is 0 Å². The number of carbonyl (C=O) groups is 1. The second-order valence-electron chi connectivity index (χ2n) is 6.06. The molecule has 0 radical (unpaired) electrons. The van der Waals surface area contributed by atoms with E-state index in [0.29, 0.717) is 11.3 Å². The zero-order chi connectivity index (χ0) is 21.6. The number of benzene rings is 1. The minimum absolute atomic E-state index is 0.103. The summed E-state index contributed by atoms with van der Waals surface area (Å²) in [5.41, 5.74) is -0.477. The molecule has 0 saturated heterocycles. The van der Waals surface area contributed by atoms with Crippen LogP contribution in [0.1, 0.15) is 29.2 Å². The van der Waals surface area contributed by atoms with E-state index in [-0.39, 0.29) is 41.5 Å². The van der Waals surface area contributed by atoms with E-state index in [0.717, 1.165) is 0 Å². The molecule has 0 unspecified atom stereocenters. The van der Waals surface area contributed by atoms with Crippen LogP contribution in [-0.4, -0.2) is 38.9 Å². The molecule has 0 saturated carbocycles. The Kier molecular flexibility index (Phi) is 7.09. The van der Waals surface area contributed by atoms with Gasteiger partial charge in [-0.2, -0.15) is 5.26 Å². The van der Waals surface area contributed by atoms with Crippen molar-refractivity contribution in [3.8, 4) is 29.1 Å². The Bertz CT molecular complexity index is 992. The van der Waals surface area contributed by atoms with Gasteiger partial charge in [0.2, 0.25) is 11.7 Å². The molecule has 0 fully saturated rings. The predicted molar refractivity (Wildman–Crippen MR) is 103 cm³/mol. The van der Waals surface area contributed by atoms with Gasteiger partial charge in [-0.15, -0.1) is 0 Å². The van der Waals surface area contributed by atoms with Crippen LogP contribution in [-0.2, 0) is 4.79 Å². The number of hydrogen-bond acceptors (Lipinski definition) is 8. The summed E-state index contributed by atoms with van der Waals surface area (Å²) >= 11 is 0. The van der Waals surface area contributed by atoms with Crippen LogP contribution >= 0.6 is 0 Å². The molecule has 9 heteroatoms. The number of rotatable bonds is 8. The van der Waals surface area contributed by atoms with Gasteiger partial charge in [0.05, 0.1) is 33.0 Å². The zero-order valence-electron chi connectivity index (χ0n) is 16.6. The fourth-order valence-corrected chi connectivity index (χ4v) is 3.09. The minimum Gasteiger partial charge on any atom is -0.507 e. The molecule has 2 aromatic rings. The summed E-state index contributed by atoms with van der Waals surface area (Å²) in [6, 6.07) is 6.32. The summed E-state index contributed by atoms with van der Waals surface area (Å²) < 4.78 is 21.3. The summed E-state index contributed by atoms with van der Waals surface area (Å²) in [6.45, 7) is 1.33. The highest BCUT2D eigenvalue weighted by Gasteiger charge is 2.30. The molecule has 29 heavy (non-hydrogen) atoms. The number of nitrogens with one attached hydrogen (secondary N) is 1. The highest BCUT2D eigenvalue weighted by atomic mass is 16.5. The van der Waals surface area contributed by atoms with E-state index in [1.54, 1.807) is 12.1 Å². The Morgan fingerprint density at radius 1 is 1.24 bits per heavy atom. The summed E-state index contributed by atoms with van der Waals surface area (Å²) in [7, 11) is 4.30. The Morgan fingerprint density at radius 2 is 1.93 bits per heavy atom. The van der Waals surface area contributed by atoms with E-state index >= 15 is 0 Å². The topological polar surface area (TPSA) is 131 Å². The minimum atomic E-state index is -0.930. The number of carbonyl (C=O) groups excluding carboxylic acids is 1. The number of methoxy groups -OCH3 is 3. The van der Waals surface area contributed by atoms with E-state index in [2.05, 4.69) is 5.32 Å². The summed E-state index contributed by atoms with van der Waals surface area (Å²) in [5.74, 6) is -0.610. The number of hydrogen-bond donors (Lipinski definition) is 2. The van der Waals surface area contributed by atoms with Crippen LogP contribution < -0.4 is 25.2 Å². The van der Waals surface area contributed by atoms with Gasteiger partial charge in [-0.1, -0.05) is 6.07 Å². The highest BCUT2D eigenvalue weighted by Crippen LogP contribution is 2.45. The van der Waals surface area contributed by atoms with Gasteiger partial charge in [-0.05, 0) is 13.0 Å². The second kappa shape index (κ2) is 9.50. The molecule has 0 bridgehead atoms. The van der Waals surface area contributed by atoms with E-state index in [1.165, 1.54) is 34.3 Å². The Balaban J connectivity index is 2.71. The molecule has 0 aliphatic rings. The quantitative estimate of drug-likeness (QED) is 0.640. The average molecular weight is 402 g/mol. The monoisotopic (exact) mass is 402 g/mol. The van der Waals surface area contributed by atoms with Gasteiger partial charge in [-0.3, -0.25) is 4.79 Å². The predicted octanol–water partition coefficient (Wildman–Crippen LogP) is 1.84. The molecule has 0 aliphatic heterocycles. The first kappa shape index (κ1) is 21.6. The van der Waals surface area contributed by atoms with Crippen molar-refractivity contribution in [2.75, 3.05) is 27.9 Å². The van der Waals surface area contributed by atoms with Crippen LogP contribution in [0.4, 0.5) is 0 Å². The SMILES string of the molecule is COc1ccc([C@@H](CC(=O)NCC#N)c2c(O)cc(C)oc2=O)c(OC)c1OC. The van der Waals surface area contributed by atoms with Crippen molar-refractivity contribution in [3.63, 3.8) is 0 Å². The number of nitriles is 1. The molecule has 0 spiro atoms. The van der Waals surface area contributed by atoms with Gasteiger partial charge in [0.1, 0.15) is 18.1 Å². The lowest BCUT2D eigenvalue weighted by Gasteiger charge is -2.22. The zero-order valence-corrected chi connectivity index (χ0v) is 16.6. The molecule has 1 aromatic carbocycles. The smallest absolute Gasteiger partial charge is 0.343 e. The number of amides is 1. The summed E-state index contributed by atoms with van der Waals surface area (Å²) in [4.78, 5) is 24.9. The largest absolute Gasteiger partial charge is 0.507 e. The molecular weight excluding hydrogens is 380 g/mol. The third-order valence-corrected chi connectivity index (χ3v) is 4.30. The molecule has 1 heterocycles. The van der Waals surface area contributed by atoms with Gasteiger partial charge in [0, 0.05) is 24.0 Å². The number of aryl methyl sites for hydroxylation is 1. The summed E-state index contributed by atoms with van der Waals surface area (Å²) in [5, 5.41) is 21.6. The Hall–Kier alpha value is -3.67. The van der Waals surface area contributed by atoms with E-state index in [1.807, 2.05) is 6.07 Å². The third-order valence-electron chi connectivity index (χ3n) is 4.30. The van der Waals surface area contributed by atoms with Crippen molar-refractivity contribution in [1.82, 2.24) is 5.32 Å². The summed E-state index contributed by atoms with van der Waals surface area (Å²) in [6.07, 6.45) is -0.241. The van der Waals surface area contributed by atoms with Crippen molar-refractivity contribution < 1.29 is 28.5 Å². The molecule has 0 aliphatic carbocycles. The third kappa shape index (κ3) is 4.60. The molecule has 154 valence electrons. The number of nitrogens with zero attached hydrogens (tertiary/aromatic N) is 1. The lowest BCUT2D eigenvalue weighted by atomic mass is 9.87. The maximum absolute atomic E-state index is 12.5. The lowest BCUT2D eigenvalue weighted by molar-refractivity contribution is -0.121. The molecule has 1 atom stereocenters. The maximum atomic E-state index is 12.5. The van der Waals surface area contributed by atoms with E-state index < -0.39 is 17.5 Å². The standard InChI is InChI=1S/C20H22N2O7/c1-11-9-14(23)17(20(25)29-11)13(10-16(24)22-8-7-21)12-5-6-15(26-2)19(28-4)18(12)27-3/h5-6,9,13,23H,8,10H2,1-4H3,(H,22,24)/t13-/m1/s1. The van der Waals surface area contributed by atoms with Crippen LogP contribution in [0.25, 0.3) is 0 Å². The molecule has 9 nitrogen and oxygen atoms in total. The fraction of sp³-hybridized carbons (Fsp3) is 0.350. The maximum Gasteiger partial charge on any atom is 0.343 e. The van der Waals surface area contributed by atoms with Gasteiger partial charge in [0.15, 0.2) is 11.5 Å². The van der Waals surface area contributed by atoms with Gasteiger partial charge in [-0.25, -0.2) is 4.79 Å². The van der Waals surface area contributed by atoms with Crippen molar-refractivity contribution in [3.05, 3.63) is 45.5 Å². The molecule has 1 aromatic heterocycles. The molecular formula is C20H22N2O7. The van der Waals surface area contributed by atoms with Crippen molar-refractivity contribution in [2.45, 2.75) is 19.3 Å². The first-order valence-corrected chi connectivity index (χ1v) is 8.64. The lowest BCUT2D eigenvalue weighted by Crippen LogP contribution is -2.27. The highest BCUT2D eigenvalue weighted by molar-refractivity contribution is 5.78. The van der Waals surface area contributed by atoms with E-state index in [9.17, 15) is 14.7 Å². The van der Waals surface area contributed by atoms with Crippen LogP contribution in [0, 0.1) is 18.3 Å². The Morgan fingerprint density at radius 3 is 2.48 bits per heavy atom. The van der Waals surface area contributed by atoms with Crippen LogP contribution in [0.5, 0.6) is 23.0 Å². The van der Waals surface area contributed by atoms with Crippen LogP contribution in [0.15, 0.2) is 27.4 Å². The van der Waals surface area contributed by atoms with E-state index in [4.69, 9.17) is 23.9 Å². The Labute approximate surface area is 167 Å².